The lowest BCUT2D eigenvalue weighted by molar-refractivity contribution is 0.102. The SMILES string of the molecule is CCNc1cc(C(=O)Nc2ccnc(C)c2)cc(Cl)n1. The molecular formula is C14H15ClN4O. The standard InChI is InChI=1S/C14H15ClN4O/c1-3-16-13-8-10(7-12(15)19-13)14(20)18-11-4-5-17-9(2)6-11/h4-8H,3H2,1-2H3,(H,16,19)(H,17,18,20). The van der Waals surface area contributed by atoms with E-state index in [1.807, 2.05) is 13.8 Å². The molecule has 6 heteroatoms. The van der Waals surface area contributed by atoms with Gasteiger partial charge in [0, 0.05) is 29.7 Å². The average molecular weight is 291 g/mol. The van der Waals surface area contributed by atoms with Crippen LogP contribution in [-0.2, 0) is 0 Å². The van der Waals surface area contributed by atoms with E-state index in [1.165, 1.54) is 6.07 Å². The van der Waals surface area contributed by atoms with Crippen LogP contribution in [0.2, 0.25) is 5.15 Å². The minimum atomic E-state index is -0.237. The van der Waals surface area contributed by atoms with Crippen LogP contribution in [0.4, 0.5) is 11.5 Å². The van der Waals surface area contributed by atoms with E-state index < -0.39 is 0 Å². The average Bonchev–Trinajstić information content (AvgIpc) is 2.38. The first-order chi connectivity index (χ1) is 9.58. The maximum atomic E-state index is 12.2. The summed E-state index contributed by atoms with van der Waals surface area (Å²) >= 11 is 5.92. The summed E-state index contributed by atoms with van der Waals surface area (Å²) in [7, 11) is 0. The van der Waals surface area contributed by atoms with Gasteiger partial charge in [-0.15, -0.1) is 0 Å². The predicted octanol–water partition coefficient (Wildman–Crippen LogP) is 3.12. The van der Waals surface area contributed by atoms with E-state index in [1.54, 1.807) is 24.4 Å². The number of aryl methyl sites for hydroxylation is 1. The Labute approximate surface area is 122 Å². The minimum absolute atomic E-state index is 0.237. The summed E-state index contributed by atoms with van der Waals surface area (Å²) < 4.78 is 0. The highest BCUT2D eigenvalue weighted by atomic mass is 35.5. The van der Waals surface area contributed by atoms with Crippen LogP contribution in [0, 0.1) is 6.92 Å². The number of halogens is 1. The van der Waals surface area contributed by atoms with E-state index in [2.05, 4.69) is 20.6 Å². The van der Waals surface area contributed by atoms with E-state index >= 15 is 0 Å². The summed E-state index contributed by atoms with van der Waals surface area (Å²) in [4.78, 5) is 20.4. The molecule has 104 valence electrons. The van der Waals surface area contributed by atoms with Crippen molar-refractivity contribution in [2.24, 2.45) is 0 Å². The second-order valence-electron chi connectivity index (χ2n) is 4.23. The molecule has 0 bridgehead atoms. The van der Waals surface area contributed by atoms with Crippen LogP contribution in [0.5, 0.6) is 0 Å². The molecule has 0 aliphatic heterocycles. The van der Waals surface area contributed by atoms with Gasteiger partial charge in [0.15, 0.2) is 0 Å². The molecule has 2 aromatic rings. The second kappa shape index (κ2) is 6.34. The first kappa shape index (κ1) is 14.3. The van der Waals surface area contributed by atoms with Crippen molar-refractivity contribution in [2.75, 3.05) is 17.2 Å². The number of hydrogen-bond donors (Lipinski definition) is 2. The normalized spacial score (nSPS) is 10.2. The molecule has 0 aliphatic carbocycles. The quantitative estimate of drug-likeness (QED) is 0.849. The highest BCUT2D eigenvalue weighted by molar-refractivity contribution is 6.30. The van der Waals surface area contributed by atoms with Gasteiger partial charge in [-0.3, -0.25) is 9.78 Å². The highest BCUT2D eigenvalue weighted by Crippen LogP contribution is 2.16. The van der Waals surface area contributed by atoms with Gasteiger partial charge in [0.1, 0.15) is 11.0 Å². The maximum Gasteiger partial charge on any atom is 0.255 e. The molecule has 0 radical (unpaired) electrons. The highest BCUT2D eigenvalue weighted by Gasteiger charge is 2.09. The maximum absolute atomic E-state index is 12.2. The van der Waals surface area contributed by atoms with Crippen molar-refractivity contribution >= 4 is 29.0 Å². The van der Waals surface area contributed by atoms with Gasteiger partial charge in [-0.1, -0.05) is 11.6 Å². The molecule has 0 saturated carbocycles. The van der Waals surface area contributed by atoms with E-state index in [-0.39, 0.29) is 11.1 Å². The van der Waals surface area contributed by atoms with Crippen molar-refractivity contribution in [3.63, 3.8) is 0 Å². The third kappa shape index (κ3) is 3.68. The van der Waals surface area contributed by atoms with Crippen LogP contribution in [0.25, 0.3) is 0 Å². The Morgan fingerprint density at radius 3 is 2.85 bits per heavy atom. The van der Waals surface area contributed by atoms with Crippen molar-refractivity contribution < 1.29 is 4.79 Å². The van der Waals surface area contributed by atoms with Crippen LogP contribution >= 0.6 is 11.6 Å². The lowest BCUT2D eigenvalue weighted by Gasteiger charge is -2.08. The molecule has 1 amide bonds. The van der Waals surface area contributed by atoms with Crippen LogP contribution < -0.4 is 10.6 Å². The fraction of sp³-hybridized carbons (Fsp3) is 0.214. The van der Waals surface area contributed by atoms with Gasteiger partial charge in [-0.2, -0.15) is 0 Å². The number of nitrogens with one attached hydrogen (secondary N) is 2. The molecule has 5 nitrogen and oxygen atoms in total. The fourth-order valence-electron chi connectivity index (χ4n) is 1.73. The van der Waals surface area contributed by atoms with E-state index in [9.17, 15) is 4.79 Å². The van der Waals surface area contributed by atoms with Crippen molar-refractivity contribution in [3.8, 4) is 0 Å². The van der Waals surface area contributed by atoms with Gasteiger partial charge in [0.2, 0.25) is 0 Å². The summed E-state index contributed by atoms with van der Waals surface area (Å²) in [6, 6.07) is 6.73. The molecule has 0 aromatic carbocycles. The van der Waals surface area contributed by atoms with Crippen molar-refractivity contribution in [3.05, 3.63) is 46.9 Å². The Hall–Kier alpha value is -2.14. The number of aromatic nitrogens is 2. The topological polar surface area (TPSA) is 66.9 Å². The van der Waals surface area contributed by atoms with Crippen LogP contribution in [0.3, 0.4) is 0 Å². The minimum Gasteiger partial charge on any atom is -0.370 e. The molecule has 0 atom stereocenters. The fourth-order valence-corrected chi connectivity index (χ4v) is 1.93. The smallest absolute Gasteiger partial charge is 0.255 e. The third-order valence-corrected chi connectivity index (χ3v) is 2.76. The molecule has 0 fully saturated rings. The molecular weight excluding hydrogens is 276 g/mol. The zero-order valence-electron chi connectivity index (χ0n) is 11.3. The lowest BCUT2D eigenvalue weighted by Crippen LogP contribution is -2.13. The number of rotatable bonds is 4. The molecule has 2 aromatic heterocycles. The number of pyridine rings is 2. The molecule has 0 aliphatic rings. The summed E-state index contributed by atoms with van der Waals surface area (Å²) in [5.74, 6) is 0.343. The van der Waals surface area contributed by atoms with Gasteiger partial charge in [0.05, 0.1) is 0 Å². The number of anilines is 2. The summed E-state index contributed by atoms with van der Waals surface area (Å²) in [5.41, 5.74) is 1.99. The molecule has 0 saturated heterocycles. The van der Waals surface area contributed by atoms with Crippen molar-refractivity contribution in [2.45, 2.75) is 13.8 Å². The Balaban J connectivity index is 2.20. The first-order valence-electron chi connectivity index (χ1n) is 6.24. The van der Waals surface area contributed by atoms with Crippen molar-refractivity contribution in [1.82, 2.24) is 9.97 Å². The summed E-state index contributed by atoms with van der Waals surface area (Å²) in [6.07, 6.45) is 1.65. The molecule has 2 rings (SSSR count). The number of hydrogen-bond acceptors (Lipinski definition) is 4. The Morgan fingerprint density at radius 1 is 1.35 bits per heavy atom. The van der Waals surface area contributed by atoms with Crippen molar-refractivity contribution in [1.29, 1.82) is 0 Å². The zero-order valence-corrected chi connectivity index (χ0v) is 12.0. The van der Waals surface area contributed by atoms with Crippen LogP contribution in [0.15, 0.2) is 30.5 Å². The Bertz CT molecular complexity index is 630. The zero-order chi connectivity index (χ0) is 14.5. The first-order valence-corrected chi connectivity index (χ1v) is 6.61. The number of nitrogens with zero attached hydrogens (tertiary/aromatic N) is 2. The monoisotopic (exact) mass is 290 g/mol. The van der Waals surface area contributed by atoms with E-state index in [0.29, 0.717) is 23.6 Å². The molecule has 0 unspecified atom stereocenters. The predicted molar refractivity (Wildman–Crippen MR) is 80.3 cm³/mol. The van der Waals surface area contributed by atoms with Gasteiger partial charge in [-0.25, -0.2) is 4.98 Å². The van der Waals surface area contributed by atoms with Gasteiger partial charge in [0.25, 0.3) is 5.91 Å². The van der Waals surface area contributed by atoms with Crippen LogP contribution in [-0.4, -0.2) is 22.4 Å². The summed E-state index contributed by atoms with van der Waals surface area (Å²) in [6.45, 7) is 4.52. The van der Waals surface area contributed by atoms with Gasteiger partial charge >= 0.3 is 0 Å². The number of amides is 1. The Morgan fingerprint density at radius 2 is 2.15 bits per heavy atom. The van der Waals surface area contributed by atoms with Gasteiger partial charge < -0.3 is 10.6 Å². The molecule has 2 N–H and O–H groups in total. The third-order valence-electron chi connectivity index (χ3n) is 2.57. The van der Waals surface area contributed by atoms with E-state index in [0.717, 1.165) is 5.69 Å². The molecule has 0 spiro atoms. The largest absolute Gasteiger partial charge is 0.370 e. The van der Waals surface area contributed by atoms with E-state index in [4.69, 9.17) is 11.6 Å². The summed E-state index contributed by atoms with van der Waals surface area (Å²) in [5, 5.41) is 6.11. The molecule has 20 heavy (non-hydrogen) atoms. The number of carbonyl (C=O) groups excluding carboxylic acids is 1. The Kier molecular flexibility index (Phi) is 4.53. The molecule has 2 heterocycles. The number of carbonyl (C=O) groups is 1. The van der Waals surface area contributed by atoms with Crippen LogP contribution in [0.1, 0.15) is 23.0 Å². The second-order valence-corrected chi connectivity index (χ2v) is 4.62. The lowest BCUT2D eigenvalue weighted by atomic mass is 10.2. The van der Waals surface area contributed by atoms with Gasteiger partial charge in [-0.05, 0) is 38.1 Å².